The molecule has 0 aromatic heterocycles. The summed E-state index contributed by atoms with van der Waals surface area (Å²) in [7, 11) is 0. The summed E-state index contributed by atoms with van der Waals surface area (Å²) in [5, 5.41) is 10.5. The van der Waals surface area contributed by atoms with Crippen LogP contribution in [0.3, 0.4) is 0 Å². The molecule has 1 fully saturated rings. The van der Waals surface area contributed by atoms with Gasteiger partial charge in [-0.1, -0.05) is 111 Å². The summed E-state index contributed by atoms with van der Waals surface area (Å²) in [6.45, 7) is 3.28. The van der Waals surface area contributed by atoms with E-state index in [2.05, 4.69) is 6.92 Å². The lowest BCUT2D eigenvalue weighted by molar-refractivity contribution is -0.271. The van der Waals surface area contributed by atoms with Crippen LogP contribution in [0.1, 0.15) is 62.1 Å². The fourth-order valence-corrected chi connectivity index (χ4v) is 5.32. The molecule has 1 N–H and O–H groups in total. The fraction of sp³-hybridized carbons (Fsp3) is 0.472. The van der Waals surface area contributed by atoms with Crippen molar-refractivity contribution >= 4 is 5.97 Å². The van der Waals surface area contributed by atoms with Gasteiger partial charge < -0.3 is 28.8 Å². The molecule has 0 spiro atoms. The van der Waals surface area contributed by atoms with Gasteiger partial charge in [-0.2, -0.15) is 0 Å². The van der Waals surface area contributed by atoms with E-state index in [1.54, 1.807) is 0 Å². The van der Waals surface area contributed by atoms with Crippen molar-refractivity contribution in [3.63, 3.8) is 0 Å². The molecule has 0 bridgehead atoms. The van der Waals surface area contributed by atoms with E-state index < -0.39 is 30.5 Å². The van der Waals surface area contributed by atoms with Crippen LogP contribution < -0.4 is 0 Å². The smallest absolute Gasteiger partial charge is 0.305 e. The Morgan fingerprint density at radius 1 is 0.674 bits per heavy atom. The van der Waals surface area contributed by atoms with E-state index in [4.69, 9.17) is 23.7 Å². The number of carbonyl (C=O) groups excluding carboxylic acids is 1. The van der Waals surface area contributed by atoms with E-state index >= 15 is 0 Å². The van der Waals surface area contributed by atoms with Crippen molar-refractivity contribution in [3.8, 4) is 0 Å². The molecule has 1 saturated heterocycles. The second-order valence-electron chi connectivity index (χ2n) is 11.0. The molecule has 7 heteroatoms. The Hall–Kier alpha value is -3.07. The average molecular weight is 591 g/mol. The van der Waals surface area contributed by atoms with E-state index in [0.717, 1.165) is 36.0 Å². The van der Waals surface area contributed by atoms with Crippen molar-refractivity contribution in [1.29, 1.82) is 0 Å². The Kier molecular flexibility index (Phi) is 14.2. The highest BCUT2D eigenvalue weighted by Gasteiger charge is 2.47. The number of benzene rings is 3. The molecule has 5 atom stereocenters. The van der Waals surface area contributed by atoms with Gasteiger partial charge in [0.25, 0.3) is 0 Å². The van der Waals surface area contributed by atoms with Crippen LogP contribution in [0.25, 0.3) is 0 Å². The van der Waals surface area contributed by atoms with E-state index in [1.165, 1.54) is 0 Å². The molecule has 1 aliphatic rings. The van der Waals surface area contributed by atoms with Crippen LogP contribution in [0, 0.1) is 0 Å². The summed E-state index contributed by atoms with van der Waals surface area (Å²) in [4.78, 5) is 12.1. The Bertz CT molecular complexity index is 1160. The number of ether oxygens (including phenoxy) is 5. The predicted octanol–water partition coefficient (Wildman–Crippen LogP) is 6.41. The summed E-state index contributed by atoms with van der Waals surface area (Å²) < 4.78 is 31.6. The molecule has 1 heterocycles. The molecule has 0 aliphatic carbocycles. The maximum absolute atomic E-state index is 12.1. The molecule has 5 unspecified atom stereocenters. The standard InChI is InChI=1S/C36H46O7/c1-2-3-7-22-33(38)39-23-14-21-31-34(40-25-28-15-8-4-9-16-28)36(42-27-30-19-12-6-13-20-30)35(32(24-37)43-31)41-26-29-17-10-5-11-18-29/h4-6,8-13,15-20,31-32,34-37H,2-3,7,14,21-27H2,1H3. The number of hydrogen-bond acceptors (Lipinski definition) is 7. The highest BCUT2D eigenvalue weighted by molar-refractivity contribution is 5.69. The molecule has 7 nitrogen and oxygen atoms in total. The summed E-state index contributed by atoms with van der Waals surface area (Å²) >= 11 is 0. The molecule has 232 valence electrons. The number of esters is 1. The monoisotopic (exact) mass is 590 g/mol. The van der Waals surface area contributed by atoms with Gasteiger partial charge >= 0.3 is 5.97 Å². The van der Waals surface area contributed by atoms with E-state index in [1.807, 2.05) is 91.0 Å². The van der Waals surface area contributed by atoms with Gasteiger partial charge in [-0.25, -0.2) is 0 Å². The Morgan fingerprint density at radius 3 is 1.65 bits per heavy atom. The van der Waals surface area contributed by atoms with Crippen LogP contribution >= 0.6 is 0 Å². The third-order valence-electron chi connectivity index (χ3n) is 7.65. The minimum atomic E-state index is -0.609. The zero-order chi connectivity index (χ0) is 30.1. The highest BCUT2D eigenvalue weighted by Crippen LogP contribution is 2.32. The molecule has 0 saturated carbocycles. The minimum Gasteiger partial charge on any atom is -0.466 e. The van der Waals surface area contributed by atoms with Crippen molar-refractivity contribution < 1.29 is 33.6 Å². The lowest BCUT2D eigenvalue weighted by atomic mass is 9.92. The van der Waals surface area contributed by atoms with Crippen LogP contribution in [-0.4, -0.2) is 54.8 Å². The molecular formula is C36H46O7. The second kappa shape index (κ2) is 18.6. The first-order valence-corrected chi connectivity index (χ1v) is 15.6. The van der Waals surface area contributed by atoms with Crippen molar-refractivity contribution in [1.82, 2.24) is 0 Å². The van der Waals surface area contributed by atoms with Gasteiger partial charge in [0.1, 0.15) is 24.4 Å². The van der Waals surface area contributed by atoms with E-state index in [9.17, 15) is 9.90 Å². The summed E-state index contributed by atoms with van der Waals surface area (Å²) in [6.07, 6.45) is 2.00. The highest BCUT2D eigenvalue weighted by atomic mass is 16.6. The van der Waals surface area contributed by atoms with Crippen molar-refractivity contribution in [2.75, 3.05) is 13.2 Å². The van der Waals surface area contributed by atoms with Crippen LogP contribution in [-0.2, 0) is 48.3 Å². The number of carbonyl (C=O) groups is 1. The van der Waals surface area contributed by atoms with Gasteiger partial charge in [0.2, 0.25) is 0 Å². The van der Waals surface area contributed by atoms with E-state index in [0.29, 0.717) is 45.7 Å². The maximum atomic E-state index is 12.1. The Balaban J connectivity index is 1.51. The lowest BCUT2D eigenvalue weighted by Crippen LogP contribution is -2.61. The minimum absolute atomic E-state index is 0.165. The van der Waals surface area contributed by atoms with Gasteiger partial charge in [-0.3, -0.25) is 4.79 Å². The fourth-order valence-electron chi connectivity index (χ4n) is 5.32. The predicted molar refractivity (Wildman–Crippen MR) is 165 cm³/mol. The molecule has 4 rings (SSSR count). The zero-order valence-corrected chi connectivity index (χ0v) is 25.2. The molecule has 0 radical (unpaired) electrons. The first kappa shape index (κ1) is 32.8. The molecule has 3 aromatic rings. The molecule has 1 aliphatic heterocycles. The first-order valence-electron chi connectivity index (χ1n) is 15.6. The van der Waals surface area contributed by atoms with Gasteiger partial charge in [0.15, 0.2) is 0 Å². The number of hydrogen-bond donors (Lipinski definition) is 1. The average Bonchev–Trinajstić information content (AvgIpc) is 3.05. The Labute approximate surface area is 256 Å². The van der Waals surface area contributed by atoms with Crippen molar-refractivity contribution in [3.05, 3.63) is 108 Å². The number of aliphatic hydroxyl groups is 1. The lowest BCUT2D eigenvalue weighted by Gasteiger charge is -2.46. The molecule has 43 heavy (non-hydrogen) atoms. The number of aliphatic hydroxyl groups excluding tert-OH is 1. The quantitative estimate of drug-likeness (QED) is 0.135. The summed E-state index contributed by atoms with van der Waals surface area (Å²) in [5.41, 5.74) is 3.09. The van der Waals surface area contributed by atoms with Gasteiger partial charge in [-0.15, -0.1) is 0 Å². The van der Waals surface area contributed by atoms with Crippen molar-refractivity contribution in [2.45, 2.75) is 95.8 Å². The van der Waals surface area contributed by atoms with Crippen LogP contribution in [0.5, 0.6) is 0 Å². The maximum Gasteiger partial charge on any atom is 0.305 e. The topological polar surface area (TPSA) is 83.5 Å². The Morgan fingerprint density at radius 2 is 1.16 bits per heavy atom. The van der Waals surface area contributed by atoms with E-state index in [-0.39, 0.29) is 12.6 Å². The number of rotatable bonds is 18. The molecule has 0 amide bonds. The third-order valence-corrected chi connectivity index (χ3v) is 7.65. The van der Waals surface area contributed by atoms with Gasteiger partial charge in [0, 0.05) is 6.42 Å². The zero-order valence-electron chi connectivity index (χ0n) is 25.2. The SMILES string of the molecule is CCCCCC(=O)OCCCC1OC(CO)C(OCc2ccccc2)C(OCc2ccccc2)C1OCc1ccccc1. The largest absolute Gasteiger partial charge is 0.466 e. The third kappa shape index (κ3) is 10.9. The summed E-state index contributed by atoms with van der Waals surface area (Å²) in [6, 6.07) is 29.9. The molecular weight excluding hydrogens is 544 g/mol. The number of unbranched alkanes of at least 4 members (excludes halogenated alkanes) is 2. The van der Waals surface area contributed by atoms with Crippen molar-refractivity contribution in [2.24, 2.45) is 0 Å². The summed E-state index contributed by atoms with van der Waals surface area (Å²) in [5.74, 6) is -0.165. The van der Waals surface area contributed by atoms with Crippen LogP contribution in [0.15, 0.2) is 91.0 Å². The van der Waals surface area contributed by atoms with Gasteiger partial charge in [0.05, 0.1) is 39.1 Å². The first-order chi connectivity index (χ1) is 21.2. The molecule has 3 aromatic carbocycles. The normalized spacial score (nSPS) is 21.9. The van der Waals surface area contributed by atoms with Crippen LogP contribution in [0.4, 0.5) is 0 Å². The van der Waals surface area contributed by atoms with Gasteiger partial charge in [-0.05, 0) is 36.0 Å². The van der Waals surface area contributed by atoms with Crippen LogP contribution in [0.2, 0.25) is 0 Å². The second-order valence-corrected chi connectivity index (χ2v) is 11.0.